The van der Waals surface area contributed by atoms with Crippen LogP contribution in [0.3, 0.4) is 0 Å². The number of anilines is 1. The van der Waals surface area contributed by atoms with E-state index in [1.165, 1.54) is 20.4 Å². The standard InChI is InChI=1S/C22H29N3O7/c1-6-31-19(26)17(20(27)32-7-2)18(14-8-10-15(28-3)11-9-14)25-22-23-13-12-16(24-22)21(29-4)30-5/h8-13,17-18,21H,6-7H2,1-5H3,(H,23,24,25)/t18-/m1/s1. The molecule has 1 N–H and O–H groups in total. The summed E-state index contributed by atoms with van der Waals surface area (Å²) in [6, 6.07) is 7.68. The zero-order valence-electron chi connectivity index (χ0n) is 18.9. The molecule has 2 aromatic rings. The lowest BCUT2D eigenvalue weighted by Gasteiger charge is -2.26. The second-order valence-corrected chi connectivity index (χ2v) is 6.49. The largest absolute Gasteiger partial charge is 0.497 e. The number of hydrogen-bond donors (Lipinski definition) is 1. The molecule has 1 aromatic carbocycles. The second kappa shape index (κ2) is 12.6. The molecular weight excluding hydrogens is 418 g/mol. The van der Waals surface area contributed by atoms with Crippen LogP contribution in [0.2, 0.25) is 0 Å². The Hall–Kier alpha value is -3.24. The van der Waals surface area contributed by atoms with E-state index in [-0.39, 0.29) is 19.2 Å². The Bertz CT molecular complexity index is 854. The fourth-order valence-corrected chi connectivity index (χ4v) is 3.05. The summed E-state index contributed by atoms with van der Waals surface area (Å²) in [4.78, 5) is 34.2. The van der Waals surface area contributed by atoms with Gasteiger partial charge in [-0.1, -0.05) is 12.1 Å². The Balaban J connectivity index is 2.50. The third-order valence-corrected chi connectivity index (χ3v) is 4.52. The number of ether oxygens (including phenoxy) is 5. The molecule has 0 amide bonds. The first-order chi connectivity index (χ1) is 15.5. The maximum absolute atomic E-state index is 12.8. The van der Waals surface area contributed by atoms with Crippen molar-refractivity contribution in [2.45, 2.75) is 26.2 Å². The van der Waals surface area contributed by atoms with Gasteiger partial charge in [0.05, 0.1) is 26.4 Å². The first kappa shape index (κ1) is 25.0. The first-order valence-corrected chi connectivity index (χ1v) is 10.1. The van der Waals surface area contributed by atoms with E-state index in [0.29, 0.717) is 17.0 Å². The van der Waals surface area contributed by atoms with Gasteiger partial charge in [-0.3, -0.25) is 9.59 Å². The Labute approximate surface area is 187 Å². The van der Waals surface area contributed by atoms with Crippen LogP contribution in [0, 0.1) is 5.92 Å². The van der Waals surface area contributed by atoms with Crippen molar-refractivity contribution in [1.82, 2.24) is 9.97 Å². The number of esters is 2. The highest BCUT2D eigenvalue weighted by atomic mass is 16.7. The van der Waals surface area contributed by atoms with Gasteiger partial charge < -0.3 is 29.0 Å². The van der Waals surface area contributed by atoms with E-state index >= 15 is 0 Å². The summed E-state index contributed by atoms with van der Waals surface area (Å²) in [6.45, 7) is 3.55. The fourth-order valence-electron chi connectivity index (χ4n) is 3.05. The molecular formula is C22H29N3O7. The van der Waals surface area contributed by atoms with Crippen LogP contribution >= 0.6 is 0 Å². The monoisotopic (exact) mass is 447 g/mol. The molecule has 0 bridgehead atoms. The molecule has 0 saturated heterocycles. The van der Waals surface area contributed by atoms with Crippen LogP contribution in [0.1, 0.15) is 37.4 Å². The number of carbonyl (C=O) groups is 2. The van der Waals surface area contributed by atoms with Crippen LogP contribution < -0.4 is 10.1 Å². The van der Waals surface area contributed by atoms with E-state index in [1.807, 2.05) is 0 Å². The van der Waals surface area contributed by atoms with Gasteiger partial charge in [0.1, 0.15) is 11.4 Å². The molecule has 32 heavy (non-hydrogen) atoms. The molecule has 174 valence electrons. The van der Waals surface area contributed by atoms with Gasteiger partial charge in [0, 0.05) is 20.4 Å². The third kappa shape index (κ3) is 6.38. The molecule has 10 heteroatoms. The van der Waals surface area contributed by atoms with E-state index in [9.17, 15) is 9.59 Å². The topological polar surface area (TPSA) is 118 Å². The SMILES string of the molecule is CCOC(=O)C(C(=O)OCC)[C@H](Nc1nccc(C(OC)OC)n1)c1ccc(OC)cc1. The Kier molecular flexibility index (Phi) is 9.83. The quantitative estimate of drug-likeness (QED) is 0.295. The molecule has 0 radical (unpaired) electrons. The number of nitrogens with zero attached hydrogens (tertiary/aromatic N) is 2. The van der Waals surface area contributed by atoms with E-state index in [1.54, 1.807) is 51.3 Å². The maximum atomic E-state index is 12.8. The molecule has 0 fully saturated rings. The summed E-state index contributed by atoms with van der Waals surface area (Å²) < 4.78 is 26.0. The number of nitrogens with one attached hydrogen (secondary N) is 1. The Morgan fingerprint density at radius 3 is 2.03 bits per heavy atom. The molecule has 0 aliphatic heterocycles. The van der Waals surface area contributed by atoms with Crippen LogP contribution in [0.25, 0.3) is 0 Å². The lowest BCUT2D eigenvalue weighted by molar-refractivity contribution is -0.162. The van der Waals surface area contributed by atoms with Crippen molar-refractivity contribution in [2.24, 2.45) is 5.92 Å². The predicted molar refractivity (Wildman–Crippen MR) is 115 cm³/mol. The third-order valence-electron chi connectivity index (χ3n) is 4.52. The molecule has 1 heterocycles. The highest BCUT2D eigenvalue weighted by Gasteiger charge is 2.39. The minimum Gasteiger partial charge on any atom is -0.497 e. The summed E-state index contributed by atoms with van der Waals surface area (Å²) in [5.74, 6) is -1.95. The predicted octanol–water partition coefficient (Wildman–Crippen LogP) is 2.67. The van der Waals surface area contributed by atoms with Crippen molar-refractivity contribution >= 4 is 17.9 Å². The lowest BCUT2D eigenvalue weighted by Crippen LogP contribution is -2.37. The molecule has 0 saturated carbocycles. The zero-order valence-corrected chi connectivity index (χ0v) is 18.9. The van der Waals surface area contributed by atoms with Gasteiger partial charge >= 0.3 is 11.9 Å². The van der Waals surface area contributed by atoms with Gasteiger partial charge in [-0.05, 0) is 37.6 Å². The molecule has 0 aliphatic rings. The van der Waals surface area contributed by atoms with Gasteiger partial charge in [-0.25, -0.2) is 9.97 Å². The van der Waals surface area contributed by atoms with Gasteiger partial charge in [-0.15, -0.1) is 0 Å². The van der Waals surface area contributed by atoms with Crippen molar-refractivity contribution in [3.05, 3.63) is 47.8 Å². The maximum Gasteiger partial charge on any atom is 0.322 e. The summed E-state index contributed by atoms with van der Waals surface area (Å²) >= 11 is 0. The average molecular weight is 447 g/mol. The van der Waals surface area contributed by atoms with Crippen molar-refractivity contribution in [2.75, 3.05) is 39.9 Å². The van der Waals surface area contributed by atoms with Gasteiger partial charge in [-0.2, -0.15) is 0 Å². The van der Waals surface area contributed by atoms with Crippen LogP contribution in [0.5, 0.6) is 5.75 Å². The number of aromatic nitrogens is 2. The molecule has 1 atom stereocenters. The van der Waals surface area contributed by atoms with Crippen molar-refractivity contribution in [1.29, 1.82) is 0 Å². The molecule has 10 nitrogen and oxygen atoms in total. The highest BCUT2D eigenvalue weighted by Crippen LogP contribution is 2.30. The molecule has 0 spiro atoms. The smallest absolute Gasteiger partial charge is 0.322 e. The van der Waals surface area contributed by atoms with Gasteiger partial charge in [0.25, 0.3) is 0 Å². The fraction of sp³-hybridized carbons (Fsp3) is 0.455. The summed E-state index contributed by atoms with van der Waals surface area (Å²) in [5, 5.41) is 3.08. The minimum atomic E-state index is -1.30. The second-order valence-electron chi connectivity index (χ2n) is 6.49. The average Bonchev–Trinajstić information content (AvgIpc) is 2.80. The Morgan fingerprint density at radius 1 is 0.938 bits per heavy atom. The number of hydrogen-bond acceptors (Lipinski definition) is 10. The van der Waals surface area contributed by atoms with Crippen LogP contribution in [-0.4, -0.2) is 56.4 Å². The highest BCUT2D eigenvalue weighted by molar-refractivity contribution is 5.96. The van der Waals surface area contributed by atoms with E-state index < -0.39 is 30.2 Å². The van der Waals surface area contributed by atoms with E-state index in [2.05, 4.69) is 15.3 Å². The summed E-state index contributed by atoms with van der Waals surface area (Å²) in [7, 11) is 4.52. The van der Waals surface area contributed by atoms with Crippen molar-refractivity contribution in [3.63, 3.8) is 0 Å². The lowest BCUT2D eigenvalue weighted by atomic mass is 9.92. The number of rotatable bonds is 12. The zero-order chi connectivity index (χ0) is 23.5. The number of methoxy groups -OCH3 is 3. The van der Waals surface area contributed by atoms with Crippen molar-refractivity contribution < 1.29 is 33.3 Å². The van der Waals surface area contributed by atoms with Crippen LogP contribution in [0.4, 0.5) is 5.95 Å². The minimum absolute atomic E-state index is 0.111. The molecule has 1 aromatic heterocycles. The van der Waals surface area contributed by atoms with E-state index in [4.69, 9.17) is 23.7 Å². The molecule has 0 unspecified atom stereocenters. The summed E-state index contributed by atoms with van der Waals surface area (Å²) in [6.07, 6.45) is 0.814. The molecule has 0 aliphatic carbocycles. The number of benzene rings is 1. The Morgan fingerprint density at radius 2 is 1.53 bits per heavy atom. The van der Waals surface area contributed by atoms with Gasteiger partial charge in [0.15, 0.2) is 5.92 Å². The van der Waals surface area contributed by atoms with Crippen molar-refractivity contribution in [3.8, 4) is 5.75 Å². The first-order valence-electron chi connectivity index (χ1n) is 10.1. The molecule has 2 rings (SSSR count). The van der Waals surface area contributed by atoms with Crippen LogP contribution in [-0.2, 0) is 28.5 Å². The normalized spacial score (nSPS) is 11.8. The number of carbonyl (C=O) groups excluding carboxylic acids is 2. The van der Waals surface area contributed by atoms with Gasteiger partial charge in [0.2, 0.25) is 12.2 Å². The summed E-state index contributed by atoms with van der Waals surface area (Å²) in [5.41, 5.74) is 1.07. The van der Waals surface area contributed by atoms with Crippen LogP contribution in [0.15, 0.2) is 36.5 Å². The van der Waals surface area contributed by atoms with E-state index in [0.717, 1.165) is 0 Å².